The summed E-state index contributed by atoms with van der Waals surface area (Å²) < 4.78 is 0. The van der Waals surface area contributed by atoms with Gasteiger partial charge in [-0.3, -0.25) is 4.79 Å². The predicted octanol–water partition coefficient (Wildman–Crippen LogP) is 2.17. The monoisotopic (exact) mass is 255 g/mol. The lowest BCUT2D eigenvalue weighted by atomic mass is 9.87. The van der Waals surface area contributed by atoms with Gasteiger partial charge in [-0.25, -0.2) is 4.79 Å². The van der Waals surface area contributed by atoms with E-state index in [1.807, 2.05) is 0 Å². The first kappa shape index (κ1) is 13.5. The molecule has 0 aromatic heterocycles. The summed E-state index contributed by atoms with van der Waals surface area (Å²) in [5.41, 5.74) is -0.886. The fourth-order valence-corrected chi connectivity index (χ4v) is 1.85. The van der Waals surface area contributed by atoms with Crippen molar-refractivity contribution in [1.82, 2.24) is 5.32 Å². The van der Waals surface area contributed by atoms with Crippen molar-refractivity contribution in [3.8, 4) is 0 Å². The van der Waals surface area contributed by atoms with Crippen LogP contribution in [-0.4, -0.2) is 17.0 Å². The van der Waals surface area contributed by atoms with E-state index in [0.29, 0.717) is 10.6 Å². The highest BCUT2D eigenvalue weighted by molar-refractivity contribution is 6.30. The van der Waals surface area contributed by atoms with Crippen molar-refractivity contribution in [2.45, 2.75) is 25.8 Å². The molecule has 0 saturated carbocycles. The summed E-state index contributed by atoms with van der Waals surface area (Å²) in [5.74, 6) is -1.47. The third kappa shape index (κ3) is 2.77. The van der Waals surface area contributed by atoms with Gasteiger partial charge in [0, 0.05) is 11.9 Å². The third-order valence-corrected chi connectivity index (χ3v) is 2.87. The van der Waals surface area contributed by atoms with Crippen LogP contribution in [-0.2, 0) is 15.1 Å². The van der Waals surface area contributed by atoms with Crippen molar-refractivity contribution in [2.24, 2.45) is 0 Å². The normalized spacial score (nSPS) is 13.8. The maximum Gasteiger partial charge on any atom is 0.334 e. The lowest BCUT2D eigenvalue weighted by Crippen LogP contribution is -2.50. The number of nitrogens with one attached hydrogen (secondary N) is 1. The van der Waals surface area contributed by atoms with Gasteiger partial charge in [0.25, 0.3) is 0 Å². The zero-order valence-electron chi connectivity index (χ0n) is 9.66. The molecule has 0 aliphatic carbocycles. The molecule has 1 aromatic rings. The Hall–Kier alpha value is -1.55. The number of benzene rings is 1. The fraction of sp³-hybridized carbons (Fsp3) is 0.333. The van der Waals surface area contributed by atoms with E-state index in [9.17, 15) is 14.7 Å². The van der Waals surface area contributed by atoms with Crippen molar-refractivity contribution in [3.05, 3.63) is 34.9 Å². The molecule has 1 aromatic carbocycles. The predicted molar refractivity (Wildman–Crippen MR) is 64.9 cm³/mol. The number of rotatable bonds is 4. The highest BCUT2D eigenvalue weighted by Gasteiger charge is 2.39. The second-order valence-corrected chi connectivity index (χ2v) is 4.19. The number of halogens is 1. The number of aliphatic carboxylic acids is 1. The Bertz CT molecular complexity index is 430. The molecule has 2 N–H and O–H groups in total. The number of amides is 1. The lowest BCUT2D eigenvalue weighted by Gasteiger charge is -2.29. The molecule has 1 rings (SSSR count). The van der Waals surface area contributed by atoms with E-state index in [1.54, 1.807) is 31.2 Å². The molecular weight excluding hydrogens is 242 g/mol. The van der Waals surface area contributed by atoms with Crippen LogP contribution >= 0.6 is 11.6 Å². The second-order valence-electron chi connectivity index (χ2n) is 3.75. The van der Waals surface area contributed by atoms with E-state index in [0.717, 1.165) is 0 Å². The van der Waals surface area contributed by atoms with Crippen molar-refractivity contribution in [1.29, 1.82) is 0 Å². The average Bonchev–Trinajstić information content (AvgIpc) is 2.26. The summed E-state index contributed by atoms with van der Waals surface area (Å²) in [6.45, 7) is 3.00. The summed E-state index contributed by atoms with van der Waals surface area (Å²) in [5, 5.41) is 12.4. The third-order valence-electron chi connectivity index (χ3n) is 2.62. The summed E-state index contributed by atoms with van der Waals surface area (Å²) in [6, 6.07) is 6.42. The Kier molecular flexibility index (Phi) is 4.12. The Balaban J connectivity index is 3.26. The zero-order valence-corrected chi connectivity index (χ0v) is 10.4. The molecule has 1 atom stereocenters. The quantitative estimate of drug-likeness (QED) is 0.867. The molecule has 0 aliphatic heterocycles. The fourth-order valence-electron chi connectivity index (χ4n) is 1.73. The largest absolute Gasteiger partial charge is 0.479 e. The SMILES string of the molecule is CCC(NC(C)=O)(C(=O)O)c1ccc(Cl)cc1. The number of carbonyl (C=O) groups is 2. The number of carbonyl (C=O) groups excluding carboxylic acids is 1. The topological polar surface area (TPSA) is 66.4 Å². The summed E-state index contributed by atoms with van der Waals surface area (Å²) in [6.07, 6.45) is 0.254. The first-order chi connectivity index (χ1) is 7.92. The van der Waals surface area contributed by atoms with Crippen LogP contribution < -0.4 is 5.32 Å². The minimum atomic E-state index is -1.39. The maximum atomic E-state index is 11.4. The van der Waals surface area contributed by atoms with E-state index < -0.39 is 11.5 Å². The van der Waals surface area contributed by atoms with Gasteiger partial charge in [0.2, 0.25) is 5.91 Å². The van der Waals surface area contributed by atoms with Gasteiger partial charge in [0.15, 0.2) is 5.54 Å². The molecule has 0 saturated heterocycles. The molecule has 4 nitrogen and oxygen atoms in total. The van der Waals surface area contributed by atoms with Gasteiger partial charge in [0.05, 0.1) is 0 Å². The highest BCUT2D eigenvalue weighted by Crippen LogP contribution is 2.26. The number of carboxylic acids is 1. The zero-order chi connectivity index (χ0) is 13.1. The van der Waals surface area contributed by atoms with Gasteiger partial charge in [0.1, 0.15) is 0 Å². The van der Waals surface area contributed by atoms with E-state index in [-0.39, 0.29) is 12.3 Å². The van der Waals surface area contributed by atoms with Gasteiger partial charge in [-0.2, -0.15) is 0 Å². The van der Waals surface area contributed by atoms with Gasteiger partial charge < -0.3 is 10.4 Å². The van der Waals surface area contributed by atoms with E-state index in [1.165, 1.54) is 6.92 Å². The molecular formula is C12H14ClNO3. The Morgan fingerprint density at radius 3 is 2.24 bits per heavy atom. The molecule has 0 bridgehead atoms. The molecule has 17 heavy (non-hydrogen) atoms. The Morgan fingerprint density at radius 1 is 1.35 bits per heavy atom. The molecule has 92 valence electrons. The van der Waals surface area contributed by atoms with Crippen LogP contribution in [0.1, 0.15) is 25.8 Å². The number of hydrogen-bond acceptors (Lipinski definition) is 2. The molecule has 0 fully saturated rings. The van der Waals surface area contributed by atoms with Gasteiger partial charge >= 0.3 is 5.97 Å². The van der Waals surface area contributed by atoms with Crippen LogP contribution in [0, 0.1) is 0 Å². The van der Waals surface area contributed by atoms with Crippen LogP contribution in [0.5, 0.6) is 0 Å². The second kappa shape index (κ2) is 5.19. The molecule has 0 aliphatic rings. The number of carboxylic acid groups (broad SMARTS) is 1. The molecule has 0 radical (unpaired) electrons. The smallest absolute Gasteiger partial charge is 0.334 e. The van der Waals surface area contributed by atoms with Crippen LogP contribution in [0.25, 0.3) is 0 Å². The lowest BCUT2D eigenvalue weighted by molar-refractivity contribution is -0.148. The molecule has 0 heterocycles. The maximum absolute atomic E-state index is 11.4. The van der Waals surface area contributed by atoms with Crippen molar-refractivity contribution in [2.75, 3.05) is 0 Å². The first-order valence-electron chi connectivity index (χ1n) is 5.20. The Labute approximate surface area is 105 Å². The summed E-state index contributed by atoms with van der Waals surface area (Å²) >= 11 is 5.76. The molecule has 5 heteroatoms. The molecule has 0 spiro atoms. The van der Waals surface area contributed by atoms with Gasteiger partial charge in [-0.15, -0.1) is 0 Å². The summed E-state index contributed by atoms with van der Waals surface area (Å²) in [7, 11) is 0. The minimum Gasteiger partial charge on any atom is -0.479 e. The van der Waals surface area contributed by atoms with E-state index in [2.05, 4.69) is 5.32 Å². The van der Waals surface area contributed by atoms with Crippen LogP contribution in [0.4, 0.5) is 0 Å². The van der Waals surface area contributed by atoms with Crippen molar-refractivity contribution in [3.63, 3.8) is 0 Å². The van der Waals surface area contributed by atoms with Gasteiger partial charge in [-0.05, 0) is 24.1 Å². The number of hydrogen-bond donors (Lipinski definition) is 2. The van der Waals surface area contributed by atoms with Crippen LogP contribution in [0.2, 0.25) is 5.02 Å². The van der Waals surface area contributed by atoms with Crippen molar-refractivity contribution < 1.29 is 14.7 Å². The standard InChI is InChI=1S/C12H14ClNO3/c1-3-12(11(16)17,14-8(2)15)9-4-6-10(13)7-5-9/h4-7H,3H2,1-2H3,(H,14,15)(H,16,17). The van der Waals surface area contributed by atoms with Crippen molar-refractivity contribution >= 4 is 23.5 Å². The minimum absolute atomic E-state index is 0.254. The van der Waals surface area contributed by atoms with E-state index >= 15 is 0 Å². The van der Waals surface area contributed by atoms with Crippen LogP contribution in [0.3, 0.4) is 0 Å². The highest BCUT2D eigenvalue weighted by atomic mass is 35.5. The summed E-state index contributed by atoms with van der Waals surface area (Å²) in [4.78, 5) is 22.6. The van der Waals surface area contributed by atoms with Gasteiger partial charge in [-0.1, -0.05) is 30.7 Å². The first-order valence-corrected chi connectivity index (χ1v) is 5.58. The van der Waals surface area contributed by atoms with E-state index in [4.69, 9.17) is 11.6 Å². The van der Waals surface area contributed by atoms with Crippen LogP contribution in [0.15, 0.2) is 24.3 Å². The molecule has 1 unspecified atom stereocenters. The molecule has 1 amide bonds. The average molecular weight is 256 g/mol. The Morgan fingerprint density at radius 2 is 1.88 bits per heavy atom.